The molecule has 1 aliphatic carbocycles. The van der Waals surface area contributed by atoms with E-state index >= 15 is 0 Å². The van der Waals surface area contributed by atoms with E-state index in [4.69, 9.17) is 12.2 Å². The molecule has 3 atom stereocenters. The predicted octanol–water partition coefficient (Wildman–Crippen LogP) is 3.50. The standard InChI is InChI=1S/C29H46N4O6S/c1-6-32(17-25(34)35)24-10-8-7-9-23(24)31(5)16-22(33(18-26(36)37)19-27(38)39)15-20-11-13-21(14-12-20)30-28(40)29(2,3)4/h11-14,22-24H,6-10,15-19H2,1-5H3,(H,30,40)(H,34,35)(H,36,37)(H,38,39). The summed E-state index contributed by atoms with van der Waals surface area (Å²) in [7, 11) is 1.98. The lowest BCUT2D eigenvalue weighted by molar-refractivity contribution is -0.143. The van der Waals surface area contributed by atoms with E-state index in [1.54, 1.807) is 0 Å². The molecule has 0 aliphatic heterocycles. The average Bonchev–Trinajstić information content (AvgIpc) is 2.86. The zero-order valence-electron chi connectivity index (χ0n) is 24.4. The molecule has 3 unspecified atom stereocenters. The molecule has 0 aromatic heterocycles. The number of carboxylic acid groups (broad SMARTS) is 3. The maximum Gasteiger partial charge on any atom is 0.317 e. The quantitative estimate of drug-likeness (QED) is 0.228. The van der Waals surface area contributed by atoms with Crippen molar-refractivity contribution in [3.05, 3.63) is 29.8 Å². The van der Waals surface area contributed by atoms with E-state index in [1.807, 2.05) is 63.9 Å². The van der Waals surface area contributed by atoms with Gasteiger partial charge >= 0.3 is 17.9 Å². The second kappa shape index (κ2) is 15.4. The first-order valence-electron chi connectivity index (χ1n) is 13.9. The Kier molecular flexibility index (Phi) is 12.9. The van der Waals surface area contributed by atoms with Crippen molar-refractivity contribution in [1.29, 1.82) is 0 Å². The van der Waals surface area contributed by atoms with Crippen LogP contribution in [0.2, 0.25) is 0 Å². The third-order valence-corrected chi connectivity index (χ3v) is 8.24. The fourth-order valence-corrected chi connectivity index (χ4v) is 5.54. The molecule has 0 radical (unpaired) electrons. The Hall–Kier alpha value is -2.60. The number of rotatable bonds is 15. The minimum absolute atomic E-state index is 0.0296. The summed E-state index contributed by atoms with van der Waals surface area (Å²) in [6, 6.07) is 7.51. The number of hydrogen-bond acceptors (Lipinski definition) is 7. The van der Waals surface area contributed by atoms with Crippen LogP contribution in [-0.4, -0.2) is 111 Å². The van der Waals surface area contributed by atoms with E-state index in [1.165, 1.54) is 4.90 Å². The molecule has 0 spiro atoms. The number of anilines is 1. The summed E-state index contributed by atoms with van der Waals surface area (Å²) < 4.78 is 0. The zero-order valence-corrected chi connectivity index (χ0v) is 25.2. The van der Waals surface area contributed by atoms with Crippen molar-refractivity contribution in [2.45, 2.75) is 77.9 Å². The van der Waals surface area contributed by atoms with Crippen molar-refractivity contribution in [3.8, 4) is 0 Å². The molecule has 1 fully saturated rings. The Morgan fingerprint density at radius 3 is 1.95 bits per heavy atom. The molecule has 0 bridgehead atoms. The number of carboxylic acids is 3. The van der Waals surface area contributed by atoms with Crippen LogP contribution in [0.25, 0.3) is 0 Å². The average molecular weight is 579 g/mol. The van der Waals surface area contributed by atoms with Gasteiger partial charge in [-0.05, 0) is 50.6 Å². The Balaban J connectivity index is 2.30. The second-order valence-electron chi connectivity index (χ2n) is 11.8. The van der Waals surface area contributed by atoms with Gasteiger partial charge in [0.15, 0.2) is 0 Å². The van der Waals surface area contributed by atoms with Gasteiger partial charge in [0, 0.05) is 35.8 Å². The van der Waals surface area contributed by atoms with Crippen molar-refractivity contribution in [2.75, 3.05) is 45.1 Å². The molecule has 1 aromatic rings. The Labute approximate surface area is 243 Å². The maximum atomic E-state index is 11.7. The summed E-state index contributed by atoms with van der Waals surface area (Å²) in [6.45, 7) is 8.33. The highest BCUT2D eigenvalue weighted by molar-refractivity contribution is 7.80. The molecule has 10 nitrogen and oxygen atoms in total. The van der Waals surface area contributed by atoms with Gasteiger partial charge in [0.2, 0.25) is 0 Å². The first-order valence-corrected chi connectivity index (χ1v) is 14.4. The van der Waals surface area contributed by atoms with E-state index < -0.39 is 31.0 Å². The topological polar surface area (TPSA) is 134 Å². The van der Waals surface area contributed by atoms with E-state index in [0.29, 0.717) is 19.5 Å². The molecule has 4 N–H and O–H groups in total. The zero-order chi connectivity index (χ0) is 30.0. The number of nitrogens with one attached hydrogen (secondary N) is 1. The first-order chi connectivity index (χ1) is 18.7. The van der Waals surface area contributed by atoms with Crippen LogP contribution in [0.15, 0.2) is 24.3 Å². The SMILES string of the molecule is CCN(CC(=O)O)C1CCCCC1N(C)CC(Cc1ccc(NC(=S)C(C)(C)C)cc1)N(CC(=O)O)CC(=O)O. The summed E-state index contributed by atoms with van der Waals surface area (Å²) in [5, 5.41) is 31.9. The van der Waals surface area contributed by atoms with Gasteiger partial charge in [-0.15, -0.1) is 0 Å². The molecule has 40 heavy (non-hydrogen) atoms. The summed E-state index contributed by atoms with van der Waals surface area (Å²) in [5.74, 6) is -3.03. The number of benzene rings is 1. The Bertz CT molecular complexity index is 997. The minimum atomic E-state index is -1.08. The van der Waals surface area contributed by atoms with Crippen LogP contribution in [0, 0.1) is 5.41 Å². The summed E-state index contributed by atoms with van der Waals surface area (Å²) in [4.78, 5) is 41.3. The molecule has 1 saturated carbocycles. The molecule has 224 valence electrons. The van der Waals surface area contributed by atoms with Crippen LogP contribution in [0.5, 0.6) is 0 Å². The van der Waals surface area contributed by atoms with Crippen molar-refractivity contribution < 1.29 is 29.7 Å². The number of hydrogen-bond donors (Lipinski definition) is 4. The highest BCUT2D eigenvalue weighted by Crippen LogP contribution is 2.28. The molecular formula is C29H46N4O6S. The van der Waals surface area contributed by atoms with Crippen LogP contribution in [0.3, 0.4) is 0 Å². The van der Waals surface area contributed by atoms with Crippen LogP contribution in [0.4, 0.5) is 5.69 Å². The molecule has 1 aromatic carbocycles. The summed E-state index contributed by atoms with van der Waals surface area (Å²) >= 11 is 5.49. The number of aliphatic carboxylic acids is 3. The fraction of sp³-hybridized carbons (Fsp3) is 0.655. The summed E-state index contributed by atoms with van der Waals surface area (Å²) in [6.07, 6.45) is 4.30. The van der Waals surface area contributed by atoms with Gasteiger partial charge in [-0.1, -0.05) is 64.9 Å². The monoisotopic (exact) mass is 578 g/mol. The van der Waals surface area contributed by atoms with Gasteiger partial charge in [0.05, 0.1) is 24.6 Å². The highest BCUT2D eigenvalue weighted by atomic mass is 32.1. The first kappa shape index (κ1) is 33.6. The third-order valence-electron chi connectivity index (χ3n) is 7.53. The van der Waals surface area contributed by atoms with Gasteiger partial charge in [-0.3, -0.25) is 24.2 Å². The van der Waals surface area contributed by atoms with Crippen molar-refractivity contribution in [1.82, 2.24) is 14.7 Å². The Morgan fingerprint density at radius 1 is 0.950 bits per heavy atom. The van der Waals surface area contributed by atoms with Crippen LogP contribution in [0.1, 0.15) is 58.9 Å². The van der Waals surface area contributed by atoms with Gasteiger partial charge < -0.3 is 25.5 Å². The second-order valence-corrected chi connectivity index (χ2v) is 12.2. The van der Waals surface area contributed by atoms with Crippen molar-refractivity contribution in [3.63, 3.8) is 0 Å². The highest BCUT2D eigenvalue weighted by Gasteiger charge is 2.35. The third kappa shape index (κ3) is 10.8. The lowest BCUT2D eigenvalue weighted by atomic mass is 9.87. The van der Waals surface area contributed by atoms with Crippen molar-refractivity contribution in [2.24, 2.45) is 5.41 Å². The largest absolute Gasteiger partial charge is 0.480 e. The van der Waals surface area contributed by atoms with E-state index in [0.717, 1.165) is 41.9 Å². The summed E-state index contributed by atoms with van der Waals surface area (Å²) in [5.41, 5.74) is 1.63. The number of thiocarbonyl (C=S) groups is 1. The lowest BCUT2D eigenvalue weighted by Gasteiger charge is -2.45. The fourth-order valence-electron chi connectivity index (χ4n) is 5.42. The predicted molar refractivity (Wildman–Crippen MR) is 160 cm³/mol. The molecule has 1 aliphatic rings. The normalized spacial score (nSPS) is 18.6. The van der Waals surface area contributed by atoms with Crippen LogP contribution in [-0.2, 0) is 20.8 Å². The van der Waals surface area contributed by atoms with E-state index in [2.05, 4.69) is 10.2 Å². The van der Waals surface area contributed by atoms with Gasteiger partial charge in [-0.2, -0.15) is 0 Å². The molecule has 2 rings (SSSR count). The smallest absolute Gasteiger partial charge is 0.317 e. The maximum absolute atomic E-state index is 11.7. The number of nitrogens with zero attached hydrogens (tertiary/aromatic N) is 3. The molecule has 0 heterocycles. The van der Waals surface area contributed by atoms with Gasteiger partial charge in [0.1, 0.15) is 0 Å². The van der Waals surface area contributed by atoms with Gasteiger partial charge in [-0.25, -0.2) is 0 Å². The molecular weight excluding hydrogens is 532 g/mol. The number of carbonyl (C=O) groups is 3. The van der Waals surface area contributed by atoms with Crippen molar-refractivity contribution >= 4 is 40.8 Å². The number of likely N-dealkylation sites (N-methyl/N-ethyl adjacent to an activating group) is 2. The lowest BCUT2D eigenvalue weighted by Crippen LogP contribution is -2.57. The van der Waals surface area contributed by atoms with Crippen LogP contribution >= 0.6 is 12.2 Å². The minimum Gasteiger partial charge on any atom is -0.480 e. The molecule has 11 heteroatoms. The van der Waals surface area contributed by atoms with E-state index in [9.17, 15) is 29.7 Å². The molecule has 0 saturated heterocycles. The van der Waals surface area contributed by atoms with E-state index in [-0.39, 0.29) is 30.1 Å². The molecule has 0 amide bonds. The Morgan fingerprint density at radius 2 is 1.48 bits per heavy atom. The van der Waals surface area contributed by atoms with Gasteiger partial charge in [0.25, 0.3) is 0 Å². The van der Waals surface area contributed by atoms with Crippen LogP contribution < -0.4 is 5.32 Å².